The van der Waals surface area contributed by atoms with Crippen molar-refractivity contribution < 1.29 is 23.8 Å². The number of likely N-dealkylation sites (tertiary alicyclic amines) is 1. The first kappa shape index (κ1) is 25.1. The van der Waals surface area contributed by atoms with Gasteiger partial charge in [-0.05, 0) is 45.1 Å². The van der Waals surface area contributed by atoms with Crippen molar-refractivity contribution in [2.75, 3.05) is 26.3 Å². The van der Waals surface area contributed by atoms with Gasteiger partial charge in [0.25, 0.3) is 0 Å². The normalized spacial score (nSPS) is 17.3. The molecule has 0 aliphatic carbocycles. The number of ether oxygens (including phenoxy) is 3. The van der Waals surface area contributed by atoms with E-state index in [0.29, 0.717) is 38.6 Å². The highest BCUT2D eigenvalue weighted by Crippen LogP contribution is 2.24. The van der Waals surface area contributed by atoms with Crippen molar-refractivity contribution in [2.45, 2.75) is 65.4 Å². The Balaban J connectivity index is 1.84. The average molecular weight is 435 g/mol. The molecule has 1 aliphatic heterocycles. The van der Waals surface area contributed by atoms with Gasteiger partial charge in [-0.3, -0.25) is 4.79 Å². The summed E-state index contributed by atoms with van der Waals surface area (Å²) in [4.78, 5) is 25.3. The molecule has 174 valence electrons. The minimum absolute atomic E-state index is 0.0235. The van der Waals surface area contributed by atoms with E-state index >= 15 is 0 Å². The first-order chi connectivity index (χ1) is 14.6. The van der Waals surface area contributed by atoms with Crippen molar-refractivity contribution in [2.24, 2.45) is 11.8 Å². The van der Waals surface area contributed by atoms with Crippen molar-refractivity contribution >= 4 is 12.5 Å². The van der Waals surface area contributed by atoms with Gasteiger partial charge in [0.1, 0.15) is 5.60 Å². The number of nitrogens with zero attached hydrogens (tertiary/aromatic N) is 1. The first-order valence-corrected chi connectivity index (χ1v) is 11.1. The molecule has 7 nitrogen and oxygen atoms in total. The lowest BCUT2D eigenvalue weighted by atomic mass is 9.97. The van der Waals surface area contributed by atoms with Gasteiger partial charge in [0, 0.05) is 25.6 Å². The van der Waals surface area contributed by atoms with Crippen molar-refractivity contribution in [1.29, 1.82) is 0 Å². The fourth-order valence-corrected chi connectivity index (χ4v) is 3.50. The van der Waals surface area contributed by atoms with Gasteiger partial charge in [0.15, 0.2) is 5.72 Å². The van der Waals surface area contributed by atoms with Crippen LogP contribution < -0.4 is 5.32 Å². The molecule has 1 N–H and O–H groups in total. The number of benzene rings is 1. The standard InChI is InChI=1S/C24H38N2O5/c1-19(2)24(25-18-27,30-16-20-9-7-6-8-10-20)17-29-15-21-11-13-26(14-12-21)22(28)31-23(3,4)5/h6-10,18-19,21H,11-17H2,1-5H3,(H,25,27)/t24-/m1/s1. The molecule has 1 aliphatic rings. The Bertz CT molecular complexity index is 681. The number of hydrogen-bond acceptors (Lipinski definition) is 5. The fraction of sp³-hybridized carbons (Fsp3) is 0.667. The molecule has 1 saturated heterocycles. The number of rotatable bonds is 10. The monoisotopic (exact) mass is 434 g/mol. The van der Waals surface area contributed by atoms with E-state index in [1.54, 1.807) is 4.90 Å². The van der Waals surface area contributed by atoms with Crippen LogP contribution >= 0.6 is 0 Å². The maximum absolute atomic E-state index is 12.2. The van der Waals surface area contributed by atoms with Gasteiger partial charge in [0.2, 0.25) is 6.41 Å². The van der Waals surface area contributed by atoms with Crippen LogP contribution in [0.4, 0.5) is 4.79 Å². The molecule has 7 heteroatoms. The lowest BCUT2D eigenvalue weighted by molar-refractivity contribution is -0.161. The summed E-state index contributed by atoms with van der Waals surface area (Å²) in [6, 6.07) is 9.86. The van der Waals surface area contributed by atoms with Crippen molar-refractivity contribution in [1.82, 2.24) is 10.2 Å². The smallest absolute Gasteiger partial charge is 0.410 e. The zero-order chi connectivity index (χ0) is 22.9. The molecule has 1 fully saturated rings. The van der Waals surface area contributed by atoms with E-state index in [0.717, 1.165) is 18.4 Å². The van der Waals surface area contributed by atoms with Crippen molar-refractivity contribution in [3.8, 4) is 0 Å². The van der Waals surface area contributed by atoms with E-state index < -0.39 is 11.3 Å². The van der Waals surface area contributed by atoms with E-state index in [1.165, 1.54) is 0 Å². The van der Waals surface area contributed by atoms with Gasteiger partial charge in [-0.25, -0.2) is 4.79 Å². The maximum Gasteiger partial charge on any atom is 0.410 e. The zero-order valence-corrected chi connectivity index (χ0v) is 19.6. The molecular weight excluding hydrogens is 396 g/mol. The maximum atomic E-state index is 12.2. The van der Waals surface area contributed by atoms with Crippen molar-refractivity contribution in [3.05, 3.63) is 35.9 Å². The van der Waals surface area contributed by atoms with Gasteiger partial charge in [-0.2, -0.15) is 0 Å². The first-order valence-electron chi connectivity index (χ1n) is 11.1. The van der Waals surface area contributed by atoms with Gasteiger partial charge in [0.05, 0.1) is 13.2 Å². The zero-order valence-electron chi connectivity index (χ0n) is 19.6. The summed E-state index contributed by atoms with van der Waals surface area (Å²) in [5.41, 5.74) is -0.341. The third kappa shape index (κ3) is 8.15. The van der Waals surface area contributed by atoms with Gasteiger partial charge >= 0.3 is 6.09 Å². The Morgan fingerprint density at radius 3 is 2.39 bits per heavy atom. The van der Waals surface area contributed by atoms with Crippen LogP contribution in [-0.4, -0.2) is 55.0 Å². The Kier molecular flexibility index (Phi) is 9.32. The van der Waals surface area contributed by atoms with E-state index in [4.69, 9.17) is 14.2 Å². The molecule has 0 unspecified atom stereocenters. The topological polar surface area (TPSA) is 77.1 Å². The number of carbonyl (C=O) groups is 2. The third-order valence-electron chi connectivity index (χ3n) is 5.51. The molecule has 2 rings (SSSR count). The minimum atomic E-state index is -0.894. The van der Waals surface area contributed by atoms with E-state index in [2.05, 4.69) is 5.32 Å². The molecule has 0 aromatic heterocycles. The van der Waals surface area contributed by atoms with Crippen LogP contribution in [0.2, 0.25) is 0 Å². The van der Waals surface area contributed by atoms with Crippen LogP contribution in [0.1, 0.15) is 53.0 Å². The SMILES string of the molecule is CC(C)[C@](COCC1CCN(C(=O)OC(C)(C)C)CC1)(NC=O)OCc1ccccc1. The van der Waals surface area contributed by atoms with Crippen LogP contribution in [0.15, 0.2) is 30.3 Å². The summed E-state index contributed by atoms with van der Waals surface area (Å²) in [6.07, 6.45) is 2.14. The molecule has 1 aromatic carbocycles. The van der Waals surface area contributed by atoms with E-state index in [1.807, 2.05) is 65.0 Å². The summed E-state index contributed by atoms with van der Waals surface area (Å²) in [5, 5.41) is 2.85. The molecule has 0 bridgehead atoms. The predicted octanol–water partition coefficient (Wildman–Crippen LogP) is 3.97. The molecule has 1 aromatic rings. The Hall–Kier alpha value is -2.12. The second kappa shape index (κ2) is 11.5. The summed E-state index contributed by atoms with van der Waals surface area (Å²) in [5.74, 6) is 0.379. The van der Waals surface area contributed by atoms with Crippen molar-refractivity contribution in [3.63, 3.8) is 0 Å². The average Bonchev–Trinajstić information content (AvgIpc) is 2.72. The van der Waals surface area contributed by atoms with Crippen LogP contribution in [0.25, 0.3) is 0 Å². The summed E-state index contributed by atoms with van der Waals surface area (Å²) in [6.45, 7) is 12.2. The molecule has 1 atom stereocenters. The number of carbonyl (C=O) groups excluding carboxylic acids is 2. The Morgan fingerprint density at radius 1 is 1.19 bits per heavy atom. The highest BCUT2D eigenvalue weighted by atomic mass is 16.6. The van der Waals surface area contributed by atoms with Gasteiger partial charge in [-0.15, -0.1) is 0 Å². The quantitative estimate of drug-likeness (QED) is 0.445. The molecule has 0 radical (unpaired) electrons. The van der Waals surface area contributed by atoms with E-state index in [-0.39, 0.29) is 18.6 Å². The predicted molar refractivity (Wildman–Crippen MR) is 119 cm³/mol. The van der Waals surface area contributed by atoms with Crippen LogP contribution in [-0.2, 0) is 25.6 Å². The lowest BCUT2D eigenvalue weighted by Gasteiger charge is -2.38. The number of nitrogens with one attached hydrogen (secondary N) is 1. The largest absolute Gasteiger partial charge is 0.444 e. The second-order valence-electron chi connectivity index (χ2n) is 9.51. The molecule has 0 spiro atoms. The second-order valence-corrected chi connectivity index (χ2v) is 9.51. The fourth-order valence-electron chi connectivity index (χ4n) is 3.50. The number of amides is 2. The van der Waals surface area contributed by atoms with Gasteiger partial charge in [-0.1, -0.05) is 44.2 Å². The van der Waals surface area contributed by atoms with Crippen LogP contribution in [0, 0.1) is 11.8 Å². The van der Waals surface area contributed by atoms with Gasteiger partial charge < -0.3 is 24.4 Å². The molecular formula is C24H38N2O5. The third-order valence-corrected chi connectivity index (χ3v) is 5.51. The summed E-state index contributed by atoms with van der Waals surface area (Å²) < 4.78 is 17.7. The summed E-state index contributed by atoms with van der Waals surface area (Å²) in [7, 11) is 0. The van der Waals surface area contributed by atoms with Crippen LogP contribution in [0.5, 0.6) is 0 Å². The summed E-state index contributed by atoms with van der Waals surface area (Å²) >= 11 is 0. The lowest BCUT2D eigenvalue weighted by Crippen LogP contribution is -2.55. The number of hydrogen-bond donors (Lipinski definition) is 1. The minimum Gasteiger partial charge on any atom is -0.444 e. The molecule has 1 heterocycles. The Morgan fingerprint density at radius 2 is 1.84 bits per heavy atom. The Labute approximate surface area is 186 Å². The molecule has 2 amide bonds. The van der Waals surface area contributed by atoms with Crippen LogP contribution in [0.3, 0.4) is 0 Å². The highest BCUT2D eigenvalue weighted by molar-refractivity contribution is 5.68. The number of piperidine rings is 1. The molecule has 31 heavy (non-hydrogen) atoms. The highest BCUT2D eigenvalue weighted by Gasteiger charge is 2.36. The van der Waals surface area contributed by atoms with E-state index in [9.17, 15) is 9.59 Å². The molecule has 0 saturated carbocycles.